The fourth-order valence-corrected chi connectivity index (χ4v) is 2.17. The molecule has 0 atom stereocenters. The maximum atomic E-state index is 12.0. The Bertz CT molecular complexity index is 447. The van der Waals surface area contributed by atoms with Crippen LogP contribution in [0.1, 0.15) is 10.4 Å². The minimum Gasteiger partial charge on any atom is -0.383 e. The predicted octanol–water partition coefficient (Wildman–Crippen LogP) is 0.202. The molecule has 1 aromatic rings. The summed E-state index contributed by atoms with van der Waals surface area (Å²) in [5.41, 5.74) is 0.569. The lowest BCUT2D eigenvalue weighted by molar-refractivity contribution is 0.0383. The molecule has 1 aliphatic rings. The highest BCUT2D eigenvalue weighted by molar-refractivity contribution is 5.94. The molecule has 1 saturated heterocycles. The van der Waals surface area contributed by atoms with Crippen molar-refractivity contribution in [1.29, 1.82) is 0 Å². The van der Waals surface area contributed by atoms with Gasteiger partial charge < -0.3 is 20.1 Å². The number of ether oxygens (including phenoxy) is 2. The summed E-state index contributed by atoms with van der Waals surface area (Å²) in [5, 5.41) is 6.03. The van der Waals surface area contributed by atoms with Gasteiger partial charge in [-0.25, -0.2) is 4.98 Å². The second-order valence-electron chi connectivity index (χ2n) is 5.06. The zero-order chi connectivity index (χ0) is 15.6. The predicted molar refractivity (Wildman–Crippen MR) is 84.2 cm³/mol. The third-order valence-corrected chi connectivity index (χ3v) is 3.46. The van der Waals surface area contributed by atoms with Crippen molar-refractivity contribution >= 4 is 11.7 Å². The summed E-state index contributed by atoms with van der Waals surface area (Å²) in [6.45, 7) is 6.19. The molecule has 2 rings (SSSR count). The van der Waals surface area contributed by atoms with Crippen LogP contribution in [0.5, 0.6) is 0 Å². The van der Waals surface area contributed by atoms with E-state index in [-0.39, 0.29) is 5.91 Å². The lowest BCUT2D eigenvalue weighted by atomic mass is 10.2. The molecule has 0 radical (unpaired) electrons. The van der Waals surface area contributed by atoms with Crippen LogP contribution in [0.3, 0.4) is 0 Å². The summed E-state index contributed by atoms with van der Waals surface area (Å²) in [7, 11) is 1.65. The van der Waals surface area contributed by atoms with Gasteiger partial charge in [0.05, 0.1) is 25.4 Å². The Morgan fingerprint density at radius 2 is 2.18 bits per heavy atom. The number of morpholine rings is 1. The van der Waals surface area contributed by atoms with Gasteiger partial charge in [0, 0.05) is 46.0 Å². The quantitative estimate of drug-likeness (QED) is 0.668. The molecule has 1 aliphatic heterocycles. The van der Waals surface area contributed by atoms with Crippen LogP contribution in [0.2, 0.25) is 0 Å². The summed E-state index contributed by atoms with van der Waals surface area (Å²) in [5.74, 6) is 0.645. The number of nitrogens with zero attached hydrogens (tertiary/aromatic N) is 2. The third kappa shape index (κ3) is 5.59. The summed E-state index contributed by atoms with van der Waals surface area (Å²) in [4.78, 5) is 18.5. The van der Waals surface area contributed by atoms with Gasteiger partial charge in [0.2, 0.25) is 0 Å². The summed E-state index contributed by atoms with van der Waals surface area (Å²) >= 11 is 0. The summed E-state index contributed by atoms with van der Waals surface area (Å²) in [6, 6.07) is 3.57. The normalized spacial score (nSPS) is 15.5. The van der Waals surface area contributed by atoms with Crippen LogP contribution in [-0.4, -0.2) is 75.4 Å². The number of nitrogens with one attached hydrogen (secondary N) is 2. The van der Waals surface area contributed by atoms with E-state index < -0.39 is 0 Å². The third-order valence-electron chi connectivity index (χ3n) is 3.46. The van der Waals surface area contributed by atoms with Gasteiger partial charge in [0.15, 0.2) is 0 Å². The van der Waals surface area contributed by atoms with E-state index in [0.717, 1.165) is 38.7 Å². The largest absolute Gasteiger partial charge is 0.383 e. The van der Waals surface area contributed by atoms with Crippen LogP contribution >= 0.6 is 0 Å². The molecule has 0 unspecified atom stereocenters. The van der Waals surface area contributed by atoms with Gasteiger partial charge >= 0.3 is 0 Å². The van der Waals surface area contributed by atoms with E-state index >= 15 is 0 Å². The molecule has 0 aromatic carbocycles. The van der Waals surface area contributed by atoms with Crippen LogP contribution in [0.25, 0.3) is 0 Å². The molecule has 0 spiro atoms. The minimum absolute atomic E-state index is 0.0933. The summed E-state index contributed by atoms with van der Waals surface area (Å²) < 4.78 is 10.2. The van der Waals surface area contributed by atoms with Crippen LogP contribution in [0.4, 0.5) is 5.82 Å². The lowest BCUT2D eigenvalue weighted by Gasteiger charge is -2.26. The Morgan fingerprint density at radius 3 is 2.86 bits per heavy atom. The van der Waals surface area contributed by atoms with Gasteiger partial charge in [0.1, 0.15) is 5.82 Å². The smallest absolute Gasteiger partial charge is 0.252 e. The van der Waals surface area contributed by atoms with Crippen molar-refractivity contribution in [1.82, 2.24) is 15.2 Å². The number of methoxy groups -OCH3 is 1. The first-order valence-corrected chi connectivity index (χ1v) is 7.57. The van der Waals surface area contributed by atoms with Gasteiger partial charge in [-0.2, -0.15) is 0 Å². The molecule has 0 aliphatic carbocycles. The molecule has 7 heteroatoms. The van der Waals surface area contributed by atoms with Crippen LogP contribution < -0.4 is 10.6 Å². The monoisotopic (exact) mass is 308 g/mol. The van der Waals surface area contributed by atoms with Crippen LogP contribution in [0, 0.1) is 0 Å². The van der Waals surface area contributed by atoms with E-state index in [1.165, 1.54) is 0 Å². The average molecular weight is 308 g/mol. The van der Waals surface area contributed by atoms with Crippen LogP contribution in [0.15, 0.2) is 18.3 Å². The van der Waals surface area contributed by atoms with Crippen molar-refractivity contribution in [2.75, 3.05) is 65.0 Å². The van der Waals surface area contributed by atoms with E-state index in [9.17, 15) is 4.79 Å². The molecule has 22 heavy (non-hydrogen) atoms. The molecule has 2 N–H and O–H groups in total. The highest BCUT2D eigenvalue weighted by Gasteiger charge is 2.11. The van der Waals surface area contributed by atoms with Crippen molar-refractivity contribution in [2.24, 2.45) is 0 Å². The van der Waals surface area contributed by atoms with Crippen molar-refractivity contribution in [2.45, 2.75) is 0 Å². The fraction of sp³-hybridized carbons (Fsp3) is 0.600. The Hall–Kier alpha value is -1.70. The van der Waals surface area contributed by atoms with E-state index in [2.05, 4.69) is 20.5 Å². The zero-order valence-electron chi connectivity index (χ0n) is 13.0. The number of pyridine rings is 1. The van der Waals surface area contributed by atoms with Gasteiger partial charge in [-0.05, 0) is 12.1 Å². The average Bonchev–Trinajstić information content (AvgIpc) is 2.56. The van der Waals surface area contributed by atoms with Gasteiger partial charge in [0.25, 0.3) is 5.91 Å². The Morgan fingerprint density at radius 1 is 1.36 bits per heavy atom. The molecule has 1 aromatic heterocycles. The molecule has 0 saturated carbocycles. The van der Waals surface area contributed by atoms with Crippen molar-refractivity contribution in [3.8, 4) is 0 Å². The van der Waals surface area contributed by atoms with E-state index in [1.54, 1.807) is 25.4 Å². The molecule has 1 amide bonds. The van der Waals surface area contributed by atoms with Gasteiger partial charge in [-0.3, -0.25) is 9.69 Å². The van der Waals surface area contributed by atoms with Crippen molar-refractivity contribution in [3.63, 3.8) is 0 Å². The maximum absolute atomic E-state index is 12.0. The second kappa shape index (κ2) is 9.34. The Kier molecular flexibility index (Phi) is 7.08. The Labute approximate surface area is 131 Å². The molecule has 0 bridgehead atoms. The molecule has 2 heterocycles. The molecule has 1 fully saturated rings. The summed E-state index contributed by atoms with van der Waals surface area (Å²) in [6.07, 6.45) is 1.58. The Balaban J connectivity index is 1.70. The van der Waals surface area contributed by atoms with E-state index in [4.69, 9.17) is 9.47 Å². The number of hydrogen-bond acceptors (Lipinski definition) is 6. The number of anilines is 1. The minimum atomic E-state index is -0.0933. The highest BCUT2D eigenvalue weighted by atomic mass is 16.5. The first-order valence-electron chi connectivity index (χ1n) is 7.57. The van der Waals surface area contributed by atoms with E-state index in [1.807, 2.05) is 0 Å². The number of rotatable bonds is 8. The molecular formula is C15H24N4O3. The molecular weight excluding hydrogens is 284 g/mol. The first kappa shape index (κ1) is 16.7. The van der Waals surface area contributed by atoms with Gasteiger partial charge in [-0.15, -0.1) is 0 Å². The van der Waals surface area contributed by atoms with E-state index in [0.29, 0.717) is 25.3 Å². The van der Waals surface area contributed by atoms with Gasteiger partial charge in [-0.1, -0.05) is 0 Å². The number of carbonyl (C=O) groups is 1. The topological polar surface area (TPSA) is 75.7 Å². The first-order chi connectivity index (χ1) is 10.8. The van der Waals surface area contributed by atoms with Crippen LogP contribution in [-0.2, 0) is 9.47 Å². The number of aromatic nitrogens is 1. The number of amides is 1. The molecule has 7 nitrogen and oxygen atoms in total. The van der Waals surface area contributed by atoms with Crippen molar-refractivity contribution < 1.29 is 14.3 Å². The van der Waals surface area contributed by atoms with Crippen molar-refractivity contribution in [3.05, 3.63) is 23.9 Å². The zero-order valence-corrected chi connectivity index (χ0v) is 13.0. The highest BCUT2D eigenvalue weighted by Crippen LogP contribution is 2.04. The SMILES string of the molecule is COCCNc1ccc(C(=O)NCCN2CCOCC2)cn1. The molecule has 122 valence electrons. The second-order valence-corrected chi connectivity index (χ2v) is 5.06. The lowest BCUT2D eigenvalue weighted by Crippen LogP contribution is -2.41. The number of carbonyl (C=O) groups excluding carboxylic acids is 1. The fourth-order valence-electron chi connectivity index (χ4n) is 2.17. The number of hydrogen-bond donors (Lipinski definition) is 2. The standard InChI is InChI=1S/C15H24N4O3/c1-21-9-5-16-14-3-2-13(12-18-14)15(20)17-4-6-19-7-10-22-11-8-19/h2-3,12H,4-11H2,1H3,(H,16,18)(H,17,20). The maximum Gasteiger partial charge on any atom is 0.252 e.